The van der Waals surface area contributed by atoms with Crippen molar-refractivity contribution in [3.63, 3.8) is 0 Å². The van der Waals surface area contributed by atoms with Crippen LogP contribution in [0.15, 0.2) is 18.5 Å². The van der Waals surface area contributed by atoms with E-state index in [1.165, 1.54) is 0 Å². The zero-order chi connectivity index (χ0) is 23.3. The number of nitrogens with zero attached hydrogens (tertiary/aromatic N) is 4. The van der Waals surface area contributed by atoms with Crippen LogP contribution in [0.1, 0.15) is 56.4 Å². The molecule has 1 saturated carbocycles. The maximum Gasteiger partial charge on any atom is 0.405 e. The van der Waals surface area contributed by atoms with E-state index in [1.807, 2.05) is 11.0 Å². The lowest BCUT2D eigenvalue weighted by Crippen LogP contribution is -2.54. The van der Waals surface area contributed by atoms with E-state index in [9.17, 15) is 19.6 Å². The highest BCUT2D eigenvalue weighted by Gasteiger charge is 2.64. The average molecular weight is 472 g/mol. The van der Waals surface area contributed by atoms with Gasteiger partial charge in [0.25, 0.3) is 5.91 Å². The van der Waals surface area contributed by atoms with Crippen molar-refractivity contribution in [2.24, 2.45) is 11.7 Å². The van der Waals surface area contributed by atoms with Crippen molar-refractivity contribution in [1.82, 2.24) is 14.8 Å². The smallest absolute Gasteiger partial charge is 0.405 e. The monoisotopic (exact) mass is 471 g/mol. The van der Waals surface area contributed by atoms with Gasteiger partial charge in [-0.15, -0.1) is 0 Å². The number of aromatic nitrogens is 1. The van der Waals surface area contributed by atoms with Gasteiger partial charge in [-0.2, -0.15) is 5.26 Å². The van der Waals surface area contributed by atoms with E-state index >= 15 is 0 Å². The maximum atomic E-state index is 13.9. The van der Waals surface area contributed by atoms with Gasteiger partial charge in [0.05, 0.1) is 22.5 Å². The van der Waals surface area contributed by atoms with Crippen LogP contribution in [0, 0.1) is 17.2 Å². The summed E-state index contributed by atoms with van der Waals surface area (Å²) < 4.78 is 5.08. The molecule has 0 aromatic carbocycles. The number of halogens is 1. The molecule has 1 spiro atoms. The fourth-order valence-corrected chi connectivity index (χ4v) is 6.37. The number of ether oxygens (including phenoxy) is 1. The summed E-state index contributed by atoms with van der Waals surface area (Å²) >= 11 is 6.15. The molecule has 9 nitrogen and oxygen atoms in total. The van der Waals surface area contributed by atoms with E-state index in [0.29, 0.717) is 24.4 Å². The Morgan fingerprint density at radius 3 is 2.70 bits per heavy atom. The number of pyridine rings is 1. The molecule has 0 bridgehead atoms. The molecule has 1 aliphatic carbocycles. The molecule has 0 unspecified atom stereocenters. The van der Waals surface area contributed by atoms with Crippen LogP contribution in [-0.4, -0.2) is 63.0 Å². The highest BCUT2D eigenvalue weighted by Crippen LogP contribution is 2.58. The van der Waals surface area contributed by atoms with Crippen molar-refractivity contribution >= 4 is 29.5 Å². The third-order valence-corrected chi connectivity index (χ3v) is 8.01. The summed E-state index contributed by atoms with van der Waals surface area (Å²) in [6, 6.07) is 3.59. The highest BCUT2D eigenvalue weighted by molar-refractivity contribution is 6.30. The summed E-state index contributed by atoms with van der Waals surface area (Å²) in [6.07, 6.45) is 6.03. The number of likely N-dealkylation sites (tertiary alicyclic amines) is 1. The first kappa shape index (κ1) is 22.0. The normalized spacial score (nSPS) is 32.2. The van der Waals surface area contributed by atoms with Crippen molar-refractivity contribution in [3.05, 3.63) is 29.0 Å². The number of hydrogen-bond donors (Lipinski definition) is 1. The Kier molecular flexibility index (Phi) is 5.44. The predicted octanol–water partition coefficient (Wildman–Crippen LogP) is 2.34. The van der Waals surface area contributed by atoms with E-state index in [4.69, 9.17) is 22.1 Å². The number of amides is 3. The second-order valence-electron chi connectivity index (χ2n) is 9.55. The number of carbonyl (C=O) groups is 3. The van der Waals surface area contributed by atoms with Crippen LogP contribution in [0.3, 0.4) is 0 Å². The second kappa shape index (κ2) is 8.17. The van der Waals surface area contributed by atoms with Gasteiger partial charge in [-0.3, -0.25) is 14.6 Å². The Morgan fingerprint density at radius 2 is 2.03 bits per heavy atom. The molecule has 3 aliphatic heterocycles. The Labute approximate surface area is 196 Å². The Morgan fingerprint density at radius 1 is 1.24 bits per heavy atom. The molecule has 4 fully saturated rings. The molecule has 10 heteroatoms. The third-order valence-electron chi connectivity index (χ3n) is 7.80. The summed E-state index contributed by atoms with van der Waals surface area (Å²) in [4.78, 5) is 46.1. The number of rotatable bonds is 3. The Bertz CT molecular complexity index is 1040. The quantitative estimate of drug-likeness (QED) is 0.720. The van der Waals surface area contributed by atoms with Crippen LogP contribution >= 0.6 is 11.6 Å². The van der Waals surface area contributed by atoms with E-state index in [0.717, 1.165) is 37.7 Å². The van der Waals surface area contributed by atoms with Gasteiger partial charge in [0.15, 0.2) is 6.10 Å². The molecular weight excluding hydrogens is 446 g/mol. The molecule has 5 atom stereocenters. The molecule has 1 aromatic rings. The van der Waals surface area contributed by atoms with Crippen LogP contribution in [-0.2, 0) is 14.3 Å². The van der Waals surface area contributed by atoms with E-state index in [-0.39, 0.29) is 29.7 Å². The molecule has 174 valence electrons. The minimum absolute atomic E-state index is 0.0506. The SMILES string of the molecule is N#C[C@H]1[C@H](c2cncc(Cl)c2)CN(C(=O)[C@@H]2CC[C@@H]3CCC[C@H](OC(N)=O)C(=O)N32)C12CC2. The Balaban J connectivity index is 1.42. The largest absolute Gasteiger partial charge is 0.436 e. The highest BCUT2D eigenvalue weighted by atomic mass is 35.5. The maximum absolute atomic E-state index is 13.9. The van der Waals surface area contributed by atoms with Crippen molar-refractivity contribution in [3.8, 4) is 6.07 Å². The molecule has 33 heavy (non-hydrogen) atoms. The number of carbonyl (C=O) groups excluding carboxylic acids is 3. The molecule has 1 aromatic heterocycles. The zero-order valence-corrected chi connectivity index (χ0v) is 18.9. The lowest BCUT2D eigenvalue weighted by Gasteiger charge is -2.34. The zero-order valence-electron chi connectivity index (χ0n) is 18.2. The van der Waals surface area contributed by atoms with Crippen LogP contribution < -0.4 is 5.73 Å². The van der Waals surface area contributed by atoms with Gasteiger partial charge >= 0.3 is 6.09 Å². The number of fused-ring (bicyclic) bond motifs is 1. The number of nitriles is 1. The fraction of sp³-hybridized carbons (Fsp3) is 0.609. The van der Waals surface area contributed by atoms with Gasteiger partial charge in [0, 0.05) is 30.9 Å². The minimum Gasteiger partial charge on any atom is -0.436 e. The lowest BCUT2D eigenvalue weighted by atomic mass is 9.85. The van der Waals surface area contributed by atoms with Gasteiger partial charge in [-0.1, -0.05) is 11.6 Å². The summed E-state index contributed by atoms with van der Waals surface area (Å²) in [6.45, 7) is 0.392. The van der Waals surface area contributed by atoms with Gasteiger partial charge < -0.3 is 20.3 Å². The number of nitrogens with two attached hydrogens (primary N) is 1. The van der Waals surface area contributed by atoms with Crippen LogP contribution in [0.25, 0.3) is 0 Å². The van der Waals surface area contributed by atoms with Gasteiger partial charge in [0.2, 0.25) is 5.91 Å². The first-order valence-electron chi connectivity index (χ1n) is 11.5. The van der Waals surface area contributed by atoms with Gasteiger partial charge in [0.1, 0.15) is 6.04 Å². The van der Waals surface area contributed by atoms with Gasteiger partial charge in [-0.25, -0.2) is 4.79 Å². The minimum atomic E-state index is -0.986. The summed E-state index contributed by atoms with van der Waals surface area (Å²) in [5, 5.41) is 10.5. The predicted molar refractivity (Wildman–Crippen MR) is 117 cm³/mol. The standard InChI is InChI=1S/C23H26ClN5O4/c24-14-8-13(10-27-11-14)16-12-28(23(6-7-23)17(16)9-25)20(30)18-5-4-15-2-1-3-19(33-22(26)32)21(31)29(15)18/h8,10-11,15-19H,1-7,12H2,(H2,26,32)/t15-,16-,17-,18-,19-/m0/s1. The fourth-order valence-electron chi connectivity index (χ4n) is 6.18. The molecule has 0 radical (unpaired) electrons. The number of hydrogen-bond acceptors (Lipinski definition) is 6. The van der Waals surface area contributed by atoms with Crippen molar-refractivity contribution < 1.29 is 19.1 Å². The molecule has 4 heterocycles. The van der Waals surface area contributed by atoms with Crippen molar-refractivity contribution in [1.29, 1.82) is 5.26 Å². The summed E-state index contributed by atoms with van der Waals surface area (Å²) in [5.41, 5.74) is 5.51. The Hall–Kier alpha value is -2.86. The first-order valence-corrected chi connectivity index (χ1v) is 11.8. The molecule has 2 N–H and O–H groups in total. The van der Waals surface area contributed by atoms with Crippen LogP contribution in [0.5, 0.6) is 0 Å². The van der Waals surface area contributed by atoms with Crippen molar-refractivity contribution in [2.45, 2.75) is 74.6 Å². The average Bonchev–Trinajstić information content (AvgIpc) is 3.37. The molecule has 4 aliphatic rings. The van der Waals surface area contributed by atoms with E-state index in [2.05, 4.69) is 11.1 Å². The topological polar surface area (TPSA) is 130 Å². The van der Waals surface area contributed by atoms with Crippen LogP contribution in [0.2, 0.25) is 5.02 Å². The van der Waals surface area contributed by atoms with Gasteiger partial charge in [-0.05, 0) is 56.6 Å². The lowest BCUT2D eigenvalue weighted by molar-refractivity contribution is -0.150. The van der Waals surface area contributed by atoms with Crippen LogP contribution in [0.4, 0.5) is 4.79 Å². The molecule has 5 rings (SSSR count). The molecule has 3 saturated heterocycles. The first-order chi connectivity index (χ1) is 15.9. The third kappa shape index (κ3) is 3.61. The van der Waals surface area contributed by atoms with E-state index < -0.39 is 23.8 Å². The second-order valence-corrected chi connectivity index (χ2v) is 9.99. The molecular formula is C23H26ClN5O4. The summed E-state index contributed by atoms with van der Waals surface area (Å²) in [5.74, 6) is -1.01. The number of primary amides is 1. The molecule has 3 amide bonds. The van der Waals surface area contributed by atoms with E-state index in [1.54, 1.807) is 17.3 Å². The van der Waals surface area contributed by atoms with Crippen molar-refractivity contribution in [2.75, 3.05) is 6.54 Å². The summed E-state index contributed by atoms with van der Waals surface area (Å²) in [7, 11) is 0.